The van der Waals surface area contributed by atoms with Crippen LogP contribution in [0.4, 0.5) is 5.69 Å². The zero-order valence-corrected chi connectivity index (χ0v) is 13.2. The lowest BCUT2D eigenvalue weighted by Gasteiger charge is -2.08. The molecule has 118 valence electrons. The molecule has 3 aromatic carbocycles. The first-order valence-electron chi connectivity index (χ1n) is 7.60. The molecule has 24 heavy (non-hydrogen) atoms. The summed E-state index contributed by atoms with van der Waals surface area (Å²) in [4.78, 5) is 0. The third kappa shape index (κ3) is 2.46. The first-order valence-corrected chi connectivity index (χ1v) is 7.60. The molecule has 0 fully saturated rings. The fourth-order valence-corrected chi connectivity index (χ4v) is 2.75. The molecule has 0 radical (unpaired) electrons. The maximum atomic E-state index is 5.88. The molecule has 4 rings (SSSR count). The van der Waals surface area contributed by atoms with Crippen LogP contribution in [-0.2, 0) is 0 Å². The van der Waals surface area contributed by atoms with Crippen LogP contribution < -0.4 is 10.5 Å². The summed E-state index contributed by atoms with van der Waals surface area (Å²) in [6.45, 7) is 0. The number of nitrogen functional groups attached to an aromatic ring is 1. The van der Waals surface area contributed by atoms with Crippen molar-refractivity contribution >= 4 is 16.5 Å². The molecular weight excluding hydrogens is 300 g/mol. The van der Waals surface area contributed by atoms with Gasteiger partial charge in [-0.15, -0.1) is 5.10 Å². The molecule has 0 saturated heterocycles. The van der Waals surface area contributed by atoms with E-state index in [0.29, 0.717) is 11.4 Å². The molecular formula is C19H16N4O. The average molecular weight is 316 g/mol. The molecule has 1 heterocycles. The largest absolute Gasteiger partial charge is 0.494 e. The second-order valence-electron chi connectivity index (χ2n) is 5.54. The second-order valence-corrected chi connectivity index (χ2v) is 5.54. The van der Waals surface area contributed by atoms with E-state index >= 15 is 0 Å². The molecule has 0 spiro atoms. The van der Waals surface area contributed by atoms with Crippen LogP contribution in [0.1, 0.15) is 0 Å². The highest BCUT2D eigenvalue weighted by atomic mass is 16.5. The fourth-order valence-electron chi connectivity index (χ4n) is 2.75. The van der Waals surface area contributed by atoms with Gasteiger partial charge in [0.2, 0.25) is 0 Å². The first kappa shape index (κ1) is 14.3. The van der Waals surface area contributed by atoms with Gasteiger partial charge in [-0.05, 0) is 35.0 Å². The van der Waals surface area contributed by atoms with Crippen LogP contribution in [0.3, 0.4) is 0 Å². The Morgan fingerprint density at radius 3 is 2.62 bits per heavy atom. The van der Waals surface area contributed by atoms with Crippen LogP contribution >= 0.6 is 0 Å². The standard InChI is InChI=1S/C19H16N4O/c1-24-19-9-8-16(20)11-18(19)23-12-17(21-22-23)15-7-6-13-4-2-3-5-14(13)10-15/h2-12H,20H2,1H3. The Balaban J connectivity index is 1.78. The Bertz CT molecular complexity index is 1020. The van der Waals surface area contributed by atoms with Gasteiger partial charge >= 0.3 is 0 Å². The van der Waals surface area contributed by atoms with E-state index < -0.39 is 0 Å². The molecule has 1 aromatic heterocycles. The lowest BCUT2D eigenvalue weighted by atomic mass is 10.1. The number of hydrogen-bond donors (Lipinski definition) is 1. The van der Waals surface area contributed by atoms with Crippen molar-refractivity contribution in [2.45, 2.75) is 0 Å². The van der Waals surface area contributed by atoms with E-state index in [4.69, 9.17) is 10.5 Å². The van der Waals surface area contributed by atoms with Gasteiger partial charge in [0.05, 0.1) is 13.3 Å². The molecule has 0 unspecified atom stereocenters. The van der Waals surface area contributed by atoms with Crippen molar-refractivity contribution < 1.29 is 4.74 Å². The van der Waals surface area contributed by atoms with E-state index in [9.17, 15) is 0 Å². The van der Waals surface area contributed by atoms with Gasteiger partial charge in [0.1, 0.15) is 17.1 Å². The highest BCUT2D eigenvalue weighted by molar-refractivity contribution is 5.86. The third-order valence-corrected chi connectivity index (χ3v) is 3.99. The number of hydrogen-bond acceptors (Lipinski definition) is 4. The number of benzene rings is 3. The number of rotatable bonds is 3. The maximum absolute atomic E-state index is 5.88. The van der Waals surface area contributed by atoms with E-state index in [0.717, 1.165) is 16.9 Å². The summed E-state index contributed by atoms with van der Waals surface area (Å²) in [6, 6.07) is 19.9. The molecule has 0 amide bonds. The number of methoxy groups -OCH3 is 1. The minimum absolute atomic E-state index is 0.647. The Morgan fingerprint density at radius 1 is 0.958 bits per heavy atom. The summed E-state index contributed by atoms with van der Waals surface area (Å²) >= 11 is 0. The van der Waals surface area contributed by atoms with Gasteiger partial charge in [0.15, 0.2) is 0 Å². The molecule has 5 nitrogen and oxygen atoms in total. The van der Waals surface area contributed by atoms with Gasteiger partial charge in [0, 0.05) is 11.3 Å². The normalized spacial score (nSPS) is 10.9. The average Bonchev–Trinajstić information content (AvgIpc) is 3.11. The smallest absolute Gasteiger partial charge is 0.144 e. The van der Waals surface area contributed by atoms with Crippen molar-refractivity contribution in [3.63, 3.8) is 0 Å². The summed E-state index contributed by atoms with van der Waals surface area (Å²) in [5.41, 5.74) is 9.10. The van der Waals surface area contributed by atoms with Crippen LogP contribution in [0, 0.1) is 0 Å². The predicted octanol–water partition coefficient (Wildman–Crippen LogP) is 3.68. The molecule has 0 saturated carbocycles. The first-order chi connectivity index (χ1) is 11.7. The quantitative estimate of drug-likeness (QED) is 0.586. The Hall–Kier alpha value is -3.34. The molecule has 0 atom stereocenters. The van der Waals surface area contributed by atoms with Crippen molar-refractivity contribution in [2.24, 2.45) is 0 Å². The number of ether oxygens (including phenoxy) is 1. The lowest BCUT2D eigenvalue weighted by Crippen LogP contribution is -2.00. The van der Waals surface area contributed by atoms with Gasteiger partial charge < -0.3 is 10.5 Å². The lowest BCUT2D eigenvalue weighted by molar-refractivity contribution is 0.411. The SMILES string of the molecule is COc1ccc(N)cc1-n1cc(-c2ccc3ccccc3c2)nn1. The number of nitrogens with zero attached hydrogens (tertiary/aromatic N) is 3. The number of aromatic nitrogens is 3. The van der Waals surface area contributed by atoms with Gasteiger partial charge in [-0.2, -0.15) is 0 Å². The number of nitrogens with two attached hydrogens (primary N) is 1. The molecule has 0 aliphatic carbocycles. The summed E-state index contributed by atoms with van der Waals surface area (Å²) in [6.07, 6.45) is 1.88. The second kappa shape index (κ2) is 5.70. The molecule has 0 aliphatic heterocycles. The van der Waals surface area contributed by atoms with Crippen molar-refractivity contribution in [3.05, 3.63) is 66.9 Å². The highest BCUT2D eigenvalue weighted by Gasteiger charge is 2.10. The monoisotopic (exact) mass is 316 g/mol. The molecule has 0 aliphatic rings. The van der Waals surface area contributed by atoms with Crippen molar-refractivity contribution in [1.29, 1.82) is 0 Å². The van der Waals surface area contributed by atoms with Crippen LogP contribution in [-0.4, -0.2) is 22.1 Å². The van der Waals surface area contributed by atoms with E-state index in [1.165, 1.54) is 10.8 Å². The van der Waals surface area contributed by atoms with Crippen molar-refractivity contribution in [2.75, 3.05) is 12.8 Å². The van der Waals surface area contributed by atoms with Crippen molar-refractivity contribution in [1.82, 2.24) is 15.0 Å². The number of anilines is 1. The third-order valence-electron chi connectivity index (χ3n) is 3.99. The minimum Gasteiger partial charge on any atom is -0.494 e. The van der Waals surface area contributed by atoms with Gasteiger partial charge in [0.25, 0.3) is 0 Å². The summed E-state index contributed by atoms with van der Waals surface area (Å²) in [5, 5.41) is 10.9. The van der Waals surface area contributed by atoms with Crippen LogP contribution in [0.2, 0.25) is 0 Å². The minimum atomic E-state index is 0.647. The maximum Gasteiger partial charge on any atom is 0.144 e. The highest BCUT2D eigenvalue weighted by Crippen LogP contribution is 2.27. The van der Waals surface area contributed by atoms with Crippen LogP contribution in [0.5, 0.6) is 5.75 Å². The van der Waals surface area contributed by atoms with E-state index in [-0.39, 0.29) is 0 Å². The summed E-state index contributed by atoms with van der Waals surface area (Å²) in [7, 11) is 1.62. The van der Waals surface area contributed by atoms with Crippen LogP contribution in [0.15, 0.2) is 66.9 Å². The van der Waals surface area contributed by atoms with Gasteiger partial charge in [-0.25, -0.2) is 4.68 Å². The topological polar surface area (TPSA) is 66.0 Å². The number of fused-ring (bicyclic) bond motifs is 1. The summed E-state index contributed by atoms with van der Waals surface area (Å²) < 4.78 is 7.06. The van der Waals surface area contributed by atoms with E-state index in [1.807, 2.05) is 36.5 Å². The van der Waals surface area contributed by atoms with E-state index in [2.05, 4.69) is 34.6 Å². The Morgan fingerprint density at radius 2 is 1.79 bits per heavy atom. The Kier molecular flexibility index (Phi) is 3.39. The van der Waals surface area contributed by atoms with Gasteiger partial charge in [-0.1, -0.05) is 41.6 Å². The molecule has 0 bridgehead atoms. The Labute approximate surface area is 139 Å². The van der Waals surface area contributed by atoms with Crippen LogP contribution in [0.25, 0.3) is 27.7 Å². The molecule has 2 N–H and O–H groups in total. The van der Waals surface area contributed by atoms with E-state index in [1.54, 1.807) is 17.9 Å². The zero-order chi connectivity index (χ0) is 16.5. The molecule has 5 heteroatoms. The predicted molar refractivity (Wildman–Crippen MR) is 95.3 cm³/mol. The van der Waals surface area contributed by atoms with Gasteiger partial charge in [-0.3, -0.25) is 0 Å². The molecule has 4 aromatic rings. The summed E-state index contributed by atoms with van der Waals surface area (Å²) in [5.74, 6) is 0.694. The fraction of sp³-hybridized carbons (Fsp3) is 0.0526. The zero-order valence-electron chi connectivity index (χ0n) is 13.2. The van der Waals surface area contributed by atoms with Crippen molar-refractivity contribution in [3.8, 4) is 22.7 Å².